The molecule has 84 valence electrons. The van der Waals surface area contributed by atoms with Gasteiger partial charge < -0.3 is 20.5 Å². The SMILES string of the molecule is CNCCNCC(O)N1CCOCC1. The average molecular weight is 203 g/mol. The zero-order valence-corrected chi connectivity index (χ0v) is 8.83. The standard InChI is InChI=1S/C9H21N3O2/c1-10-2-3-11-8-9(13)12-4-6-14-7-5-12/h9-11,13H,2-8H2,1H3. The molecule has 0 aromatic rings. The molecule has 0 aliphatic carbocycles. The maximum Gasteiger partial charge on any atom is 0.120 e. The van der Waals surface area contributed by atoms with Crippen LogP contribution in [-0.2, 0) is 4.74 Å². The number of ether oxygens (including phenoxy) is 1. The molecule has 5 heteroatoms. The molecule has 1 saturated heterocycles. The number of nitrogens with zero attached hydrogens (tertiary/aromatic N) is 1. The van der Waals surface area contributed by atoms with Gasteiger partial charge in [0.05, 0.1) is 13.2 Å². The summed E-state index contributed by atoms with van der Waals surface area (Å²) in [5.74, 6) is 0. The molecular weight excluding hydrogens is 182 g/mol. The van der Waals surface area contributed by atoms with E-state index in [0.29, 0.717) is 6.54 Å². The third-order valence-electron chi connectivity index (χ3n) is 2.35. The molecule has 0 aromatic carbocycles. The van der Waals surface area contributed by atoms with Crippen LogP contribution in [0, 0.1) is 0 Å². The summed E-state index contributed by atoms with van der Waals surface area (Å²) in [5.41, 5.74) is 0. The molecule has 14 heavy (non-hydrogen) atoms. The lowest BCUT2D eigenvalue weighted by molar-refractivity contribution is -0.0566. The summed E-state index contributed by atoms with van der Waals surface area (Å²) in [5, 5.41) is 16.0. The molecule has 0 aromatic heterocycles. The largest absolute Gasteiger partial charge is 0.379 e. The van der Waals surface area contributed by atoms with E-state index >= 15 is 0 Å². The first-order valence-electron chi connectivity index (χ1n) is 5.20. The molecule has 0 spiro atoms. The lowest BCUT2D eigenvalue weighted by Crippen LogP contribution is -2.48. The highest BCUT2D eigenvalue weighted by Crippen LogP contribution is 2.00. The summed E-state index contributed by atoms with van der Waals surface area (Å²) in [4.78, 5) is 2.04. The van der Waals surface area contributed by atoms with Crippen LogP contribution in [0.25, 0.3) is 0 Å². The second-order valence-electron chi connectivity index (χ2n) is 3.44. The summed E-state index contributed by atoms with van der Waals surface area (Å²) in [6, 6.07) is 0. The molecule has 1 heterocycles. The van der Waals surface area contributed by atoms with Crippen LogP contribution in [-0.4, -0.2) is 69.2 Å². The maximum atomic E-state index is 9.76. The minimum Gasteiger partial charge on any atom is -0.379 e. The minimum atomic E-state index is -0.379. The third kappa shape index (κ3) is 4.34. The number of likely N-dealkylation sites (N-methyl/N-ethyl adjacent to an activating group) is 1. The van der Waals surface area contributed by atoms with Crippen molar-refractivity contribution < 1.29 is 9.84 Å². The summed E-state index contributed by atoms with van der Waals surface area (Å²) in [6.45, 7) is 5.56. The van der Waals surface area contributed by atoms with Crippen molar-refractivity contribution in [3.05, 3.63) is 0 Å². The quantitative estimate of drug-likeness (QED) is 0.456. The topological polar surface area (TPSA) is 56.8 Å². The Kier molecular flexibility index (Phi) is 6.05. The van der Waals surface area contributed by atoms with Crippen molar-refractivity contribution >= 4 is 0 Å². The number of morpholine rings is 1. The van der Waals surface area contributed by atoms with Gasteiger partial charge in [0.15, 0.2) is 0 Å². The molecule has 0 saturated carbocycles. The normalized spacial score (nSPS) is 21.0. The Balaban J connectivity index is 2.04. The predicted molar refractivity (Wildman–Crippen MR) is 55.2 cm³/mol. The highest BCUT2D eigenvalue weighted by molar-refractivity contribution is 4.67. The van der Waals surface area contributed by atoms with Gasteiger partial charge in [-0.15, -0.1) is 0 Å². The van der Waals surface area contributed by atoms with E-state index in [0.717, 1.165) is 39.4 Å². The van der Waals surface area contributed by atoms with E-state index in [1.54, 1.807) is 0 Å². The summed E-state index contributed by atoms with van der Waals surface area (Å²) in [6.07, 6.45) is -0.379. The van der Waals surface area contributed by atoms with Crippen LogP contribution in [0.4, 0.5) is 0 Å². The van der Waals surface area contributed by atoms with Gasteiger partial charge in [-0.2, -0.15) is 0 Å². The number of hydrogen-bond donors (Lipinski definition) is 3. The monoisotopic (exact) mass is 203 g/mol. The van der Waals surface area contributed by atoms with Gasteiger partial charge in [-0.1, -0.05) is 0 Å². The van der Waals surface area contributed by atoms with Crippen LogP contribution in [0.2, 0.25) is 0 Å². The van der Waals surface area contributed by atoms with Gasteiger partial charge in [-0.25, -0.2) is 0 Å². The Morgan fingerprint density at radius 3 is 2.71 bits per heavy atom. The van der Waals surface area contributed by atoms with Crippen LogP contribution in [0.15, 0.2) is 0 Å². The van der Waals surface area contributed by atoms with Crippen molar-refractivity contribution in [2.24, 2.45) is 0 Å². The highest BCUT2D eigenvalue weighted by atomic mass is 16.5. The molecule has 1 fully saturated rings. The molecule has 1 aliphatic rings. The second kappa shape index (κ2) is 7.14. The van der Waals surface area contributed by atoms with E-state index < -0.39 is 0 Å². The molecule has 0 bridgehead atoms. The lowest BCUT2D eigenvalue weighted by Gasteiger charge is -2.31. The van der Waals surface area contributed by atoms with Crippen molar-refractivity contribution in [3.63, 3.8) is 0 Å². The molecule has 0 radical (unpaired) electrons. The molecular formula is C9H21N3O2. The van der Waals surface area contributed by atoms with Gasteiger partial charge in [-0.3, -0.25) is 4.90 Å². The van der Waals surface area contributed by atoms with Crippen LogP contribution in [0.5, 0.6) is 0 Å². The Morgan fingerprint density at radius 2 is 2.07 bits per heavy atom. The minimum absolute atomic E-state index is 0.379. The number of rotatable bonds is 6. The van der Waals surface area contributed by atoms with Crippen molar-refractivity contribution in [2.45, 2.75) is 6.23 Å². The van der Waals surface area contributed by atoms with Crippen LogP contribution in [0.3, 0.4) is 0 Å². The molecule has 5 nitrogen and oxygen atoms in total. The zero-order valence-electron chi connectivity index (χ0n) is 8.83. The number of hydrogen-bond acceptors (Lipinski definition) is 5. The van der Waals surface area contributed by atoms with Gasteiger partial charge in [0.1, 0.15) is 6.23 Å². The van der Waals surface area contributed by atoms with Crippen LogP contribution >= 0.6 is 0 Å². The Morgan fingerprint density at radius 1 is 1.36 bits per heavy atom. The predicted octanol–water partition coefficient (Wildman–Crippen LogP) is -1.55. The summed E-state index contributed by atoms with van der Waals surface area (Å²) in [7, 11) is 1.92. The Labute approximate surface area is 85.4 Å². The fourth-order valence-corrected chi connectivity index (χ4v) is 1.45. The van der Waals surface area contributed by atoms with E-state index in [-0.39, 0.29) is 6.23 Å². The smallest absolute Gasteiger partial charge is 0.120 e. The van der Waals surface area contributed by atoms with Crippen molar-refractivity contribution in [2.75, 3.05) is 53.0 Å². The van der Waals surface area contributed by atoms with Gasteiger partial charge in [0.25, 0.3) is 0 Å². The third-order valence-corrected chi connectivity index (χ3v) is 2.35. The van der Waals surface area contributed by atoms with Gasteiger partial charge in [0.2, 0.25) is 0 Å². The number of aliphatic hydroxyl groups excluding tert-OH is 1. The van der Waals surface area contributed by atoms with Gasteiger partial charge in [-0.05, 0) is 7.05 Å². The number of nitrogens with one attached hydrogen (secondary N) is 2. The van der Waals surface area contributed by atoms with Gasteiger partial charge >= 0.3 is 0 Å². The first kappa shape index (κ1) is 11.9. The second-order valence-corrected chi connectivity index (χ2v) is 3.44. The van der Waals surface area contributed by atoms with E-state index in [9.17, 15) is 5.11 Å². The van der Waals surface area contributed by atoms with Crippen molar-refractivity contribution in [1.82, 2.24) is 15.5 Å². The van der Waals surface area contributed by atoms with Crippen LogP contribution in [0.1, 0.15) is 0 Å². The molecule has 1 atom stereocenters. The average Bonchev–Trinajstić information content (AvgIpc) is 2.25. The van der Waals surface area contributed by atoms with Crippen molar-refractivity contribution in [1.29, 1.82) is 0 Å². The van der Waals surface area contributed by atoms with E-state index in [2.05, 4.69) is 10.6 Å². The van der Waals surface area contributed by atoms with E-state index in [1.807, 2.05) is 11.9 Å². The van der Waals surface area contributed by atoms with E-state index in [1.165, 1.54) is 0 Å². The highest BCUT2D eigenvalue weighted by Gasteiger charge is 2.17. The van der Waals surface area contributed by atoms with Crippen molar-refractivity contribution in [3.8, 4) is 0 Å². The Hall–Kier alpha value is -0.200. The van der Waals surface area contributed by atoms with Gasteiger partial charge in [0, 0.05) is 32.7 Å². The fraction of sp³-hybridized carbons (Fsp3) is 1.00. The zero-order chi connectivity index (χ0) is 10.2. The summed E-state index contributed by atoms with van der Waals surface area (Å²) < 4.78 is 5.21. The maximum absolute atomic E-state index is 9.76. The Bertz CT molecular complexity index is 140. The molecule has 0 amide bonds. The molecule has 3 N–H and O–H groups in total. The van der Waals surface area contributed by atoms with Crippen LogP contribution < -0.4 is 10.6 Å². The first-order chi connectivity index (χ1) is 6.84. The van der Waals surface area contributed by atoms with E-state index in [4.69, 9.17) is 4.74 Å². The first-order valence-corrected chi connectivity index (χ1v) is 5.20. The fourth-order valence-electron chi connectivity index (χ4n) is 1.45. The molecule has 1 aliphatic heterocycles. The number of aliphatic hydroxyl groups is 1. The summed E-state index contributed by atoms with van der Waals surface area (Å²) >= 11 is 0. The lowest BCUT2D eigenvalue weighted by atomic mass is 10.3. The molecule has 1 unspecified atom stereocenters. The molecule has 1 rings (SSSR count).